The number of methoxy groups -OCH3 is 1. The second kappa shape index (κ2) is 16.3. The Bertz CT molecular complexity index is 1250. The summed E-state index contributed by atoms with van der Waals surface area (Å²) in [6.07, 6.45) is 1.96. The standard InChI is InChI=1S/C34H44N2O5/c1-6-25(4)35-34(38)30(22-26-13-10-9-11-14-26)36(24-28-15-12-16-29(21-28)39-5)33(37)20-18-27-17-19-31(40-7-2)32(23-27)41-8-3/h9-17,19,21,23,25,30H,6-8,18,20,22,24H2,1-5H3,(H,35,38)/t25-,30-/m1/s1. The van der Waals surface area contributed by atoms with Crippen LogP contribution in [0.25, 0.3) is 0 Å². The van der Waals surface area contributed by atoms with E-state index in [0.29, 0.717) is 43.3 Å². The van der Waals surface area contributed by atoms with Crippen molar-refractivity contribution in [3.8, 4) is 17.2 Å². The minimum absolute atomic E-state index is 0.00427. The van der Waals surface area contributed by atoms with Crippen LogP contribution in [0, 0.1) is 0 Å². The maximum absolute atomic E-state index is 14.0. The number of amides is 2. The molecule has 3 rings (SSSR count). The highest BCUT2D eigenvalue weighted by molar-refractivity contribution is 5.88. The molecule has 7 nitrogen and oxygen atoms in total. The van der Waals surface area contributed by atoms with Gasteiger partial charge in [-0.1, -0.05) is 55.5 Å². The van der Waals surface area contributed by atoms with E-state index in [-0.39, 0.29) is 30.8 Å². The molecule has 0 aliphatic rings. The van der Waals surface area contributed by atoms with Gasteiger partial charge in [-0.05, 0) is 74.6 Å². The van der Waals surface area contributed by atoms with Crippen molar-refractivity contribution in [3.05, 3.63) is 89.5 Å². The fraction of sp³-hybridized carbons (Fsp3) is 0.412. The van der Waals surface area contributed by atoms with Crippen LogP contribution in [0.4, 0.5) is 0 Å². The largest absolute Gasteiger partial charge is 0.497 e. The van der Waals surface area contributed by atoms with Gasteiger partial charge >= 0.3 is 0 Å². The fourth-order valence-electron chi connectivity index (χ4n) is 4.61. The van der Waals surface area contributed by atoms with E-state index in [0.717, 1.165) is 23.1 Å². The van der Waals surface area contributed by atoms with Gasteiger partial charge in [0.1, 0.15) is 11.8 Å². The van der Waals surface area contributed by atoms with Gasteiger partial charge in [-0.3, -0.25) is 9.59 Å². The third-order valence-electron chi connectivity index (χ3n) is 6.99. The van der Waals surface area contributed by atoms with E-state index in [1.165, 1.54) is 0 Å². The molecule has 0 fully saturated rings. The van der Waals surface area contributed by atoms with Crippen LogP contribution < -0.4 is 19.5 Å². The Morgan fingerprint density at radius 2 is 1.54 bits per heavy atom. The molecule has 3 aromatic rings. The Kier molecular flexibility index (Phi) is 12.5. The number of nitrogens with one attached hydrogen (secondary N) is 1. The molecule has 0 heterocycles. The van der Waals surface area contributed by atoms with Crippen LogP contribution in [0.3, 0.4) is 0 Å². The number of carbonyl (C=O) groups is 2. The van der Waals surface area contributed by atoms with Gasteiger partial charge in [-0.15, -0.1) is 0 Å². The fourth-order valence-corrected chi connectivity index (χ4v) is 4.61. The minimum atomic E-state index is -0.676. The summed E-state index contributed by atoms with van der Waals surface area (Å²) in [5.74, 6) is 1.81. The summed E-state index contributed by atoms with van der Waals surface area (Å²) in [5.41, 5.74) is 2.86. The maximum atomic E-state index is 14.0. The molecule has 0 aliphatic heterocycles. The van der Waals surface area contributed by atoms with Crippen LogP contribution >= 0.6 is 0 Å². The molecular weight excluding hydrogens is 516 g/mol. The average Bonchev–Trinajstić information content (AvgIpc) is 2.99. The van der Waals surface area contributed by atoms with Crippen molar-refractivity contribution in [2.45, 2.75) is 72.0 Å². The van der Waals surface area contributed by atoms with Gasteiger partial charge in [-0.25, -0.2) is 0 Å². The van der Waals surface area contributed by atoms with Crippen LogP contribution in [0.2, 0.25) is 0 Å². The Labute approximate surface area is 244 Å². The molecule has 0 radical (unpaired) electrons. The predicted octanol–water partition coefficient (Wildman–Crippen LogP) is 5.98. The number of rotatable bonds is 16. The van der Waals surface area contributed by atoms with E-state index in [1.54, 1.807) is 12.0 Å². The lowest BCUT2D eigenvalue weighted by molar-refractivity contribution is -0.141. The highest BCUT2D eigenvalue weighted by atomic mass is 16.5. The highest BCUT2D eigenvalue weighted by Gasteiger charge is 2.31. The van der Waals surface area contributed by atoms with Gasteiger partial charge in [0.2, 0.25) is 11.8 Å². The van der Waals surface area contributed by atoms with Crippen molar-refractivity contribution in [2.75, 3.05) is 20.3 Å². The molecule has 0 saturated heterocycles. The molecule has 0 spiro atoms. The van der Waals surface area contributed by atoms with Gasteiger partial charge in [-0.2, -0.15) is 0 Å². The molecule has 1 N–H and O–H groups in total. The van der Waals surface area contributed by atoms with Crippen LogP contribution in [0.15, 0.2) is 72.8 Å². The van der Waals surface area contributed by atoms with Gasteiger partial charge in [0.15, 0.2) is 11.5 Å². The maximum Gasteiger partial charge on any atom is 0.243 e. The van der Waals surface area contributed by atoms with Crippen molar-refractivity contribution >= 4 is 11.8 Å². The monoisotopic (exact) mass is 560 g/mol. The Morgan fingerprint density at radius 3 is 2.22 bits per heavy atom. The molecule has 0 unspecified atom stereocenters. The van der Waals surface area contributed by atoms with E-state index in [1.807, 2.05) is 100 Å². The summed E-state index contributed by atoms with van der Waals surface area (Å²) in [5, 5.41) is 3.12. The minimum Gasteiger partial charge on any atom is -0.497 e. The summed E-state index contributed by atoms with van der Waals surface area (Å²) in [7, 11) is 1.62. The number of carbonyl (C=O) groups excluding carboxylic acids is 2. The lowest BCUT2D eigenvalue weighted by Gasteiger charge is -2.32. The molecule has 2 atom stereocenters. The molecular formula is C34H44N2O5. The van der Waals surface area contributed by atoms with Crippen molar-refractivity contribution in [3.63, 3.8) is 0 Å². The van der Waals surface area contributed by atoms with Gasteiger partial charge in [0.25, 0.3) is 0 Å². The van der Waals surface area contributed by atoms with Crippen molar-refractivity contribution in [1.29, 1.82) is 0 Å². The SMILES string of the molecule is CCOc1ccc(CCC(=O)N(Cc2cccc(OC)c2)[C@H](Cc2ccccc2)C(=O)N[C@H](C)CC)cc1OCC. The summed E-state index contributed by atoms with van der Waals surface area (Å²) in [4.78, 5) is 29.4. The van der Waals surface area contributed by atoms with E-state index >= 15 is 0 Å². The third-order valence-corrected chi connectivity index (χ3v) is 6.99. The van der Waals surface area contributed by atoms with Crippen molar-refractivity contribution in [2.24, 2.45) is 0 Å². The second-order valence-electron chi connectivity index (χ2n) is 10.0. The molecule has 0 bridgehead atoms. The molecule has 0 saturated carbocycles. The van der Waals surface area contributed by atoms with Crippen LogP contribution in [-0.4, -0.2) is 49.1 Å². The zero-order valence-electron chi connectivity index (χ0n) is 25.0. The Hall–Kier alpha value is -4.00. The topological polar surface area (TPSA) is 77.1 Å². The van der Waals surface area contributed by atoms with Crippen molar-refractivity contribution in [1.82, 2.24) is 10.2 Å². The average molecular weight is 561 g/mol. The quantitative estimate of drug-likeness (QED) is 0.233. The molecule has 3 aromatic carbocycles. The van der Waals surface area contributed by atoms with Gasteiger partial charge in [0, 0.05) is 25.4 Å². The first-order valence-electron chi connectivity index (χ1n) is 14.5. The zero-order chi connectivity index (χ0) is 29.6. The van der Waals surface area contributed by atoms with Crippen LogP contribution in [0.5, 0.6) is 17.2 Å². The molecule has 220 valence electrons. The number of benzene rings is 3. The predicted molar refractivity (Wildman–Crippen MR) is 162 cm³/mol. The van der Waals surface area contributed by atoms with E-state index in [9.17, 15) is 9.59 Å². The summed E-state index contributed by atoms with van der Waals surface area (Å²) < 4.78 is 16.9. The third kappa shape index (κ3) is 9.55. The second-order valence-corrected chi connectivity index (χ2v) is 10.0. The number of ether oxygens (including phenoxy) is 3. The molecule has 41 heavy (non-hydrogen) atoms. The first kappa shape index (κ1) is 31.5. The van der Waals surface area contributed by atoms with E-state index in [2.05, 4.69) is 5.32 Å². The van der Waals surface area contributed by atoms with E-state index < -0.39 is 6.04 Å². The van der Waals surface area contributed by atoms with Crippen molar-refractivity contribution < 1.29 is 23.8 Å². The Balaban J connectivity index is 1.92. The lowest BCUT2D eigenvalue weighted by atomic mass is 10.0. The lowest BCUT2D eigenvalue weighted by Crippen LogP contribution is -2.52. The van der Waals surface area contributed by atoms with E-state index in [4.69, 9.17) is 14.2 Å². The summed E-state index contributed by atoms with van der Waals surface area (Å²) >= 11 is 0. The molecule has 7 heteroatoms. The molecule has 0 aliphatic carbocycles. The smallest absolute Gasteiger partial charge is 0.243 e. The number of aryl methyl sites for hydroxylation is 1. The number of hydrogen-bond donors (Lipinski definition) is 1. The summed E-state index contributed by atoms with van der Waals surface area (Å²) in [6.45, 7) is 9.22. The van der Waals surface area contributed by atoms with Crippen LogP contribution in [0.1, 0.15) is 57.2 Å². The molecule has 2 amide bonds. The van der Waals surface area contributed by atoms with Gasteiger partial charge < -0.3 is 24.4 Å². The first-order valence-corrected chi connectivity index (χ1v) is 14.5. The highest BCUT2D eigenvalue weighted by Crippen LogP contribution is 2.29. The Morgan fingerprint density at radius 1 is 0.829 bits per heavy atom. The van der Waals surface area contributed by atoms with Crippen LogP contribution in [-0.2, 0) is 29.0 Å². The molecule has 0 aromatic heterocycles. The first-order chi connectivity index (χ1) is 19.9. The zero-order valence-corrected chi connectivity index (χ0v) is 25.0. The number of hydrogen-bond acceptors (Lipinski definition) is 5. The normalized spacial score (nSPS) is 12.2. The summed E-state index contributed by atoms with van der Waals surface area (Å²) in [6, 6.07) is 22.6. The number of nitrogens with zero attached hydrogens (tertiary/aromatic N) is 1. The van der Waals surface area contributed by atoms with Gasteiger partial charge in [0.05, 0.1) is 20.3 Å².